The summed E-state index contributed by atoms with van der Waals surface area (Å²) < 4.78 is 5.61. The van der Waals surface area contributed by atoms with Gasteiger partial charge in [-0.3, -0.25) is 9.59 Å². The van der Waals surface area contributed by atoms with Gasteiger partial charge in [0.05, 0.1) is 12.5 Å². The van der Waals surface area contributed by atoms with E-state index in [1.807, 2.05) is 44.2 Å². The monoisotopic (exact) mass is 328 g/mol. The van der Waals surface area contributed by atoms with Gasteiger partial charge in [-0.2, -0.15) is 0 Å². The Morgan fingerprint density at radius 1 is 1.21 bits per heavy atom. The molecule has 5 heteroatoms. The highest BCUT2D eigenvalue weighted by atomic mass is 16.4. The van der Waals surface area contributed by atoms with Crippen molar-refractivity contribution >= 4 is 11.8 Å². The number of furan rings is 1. The molecule has 2 rings (SSSR count). The standard InChI is InChI=1S/C19H24N2O3/c1-5-16-13(2)11-17(24-16)19(23)20-15(12-18(22)21(3)4)14-9-7-6-8-10-14/h6-11,15H,5,12H2,1-4H3,(H,20,23)/t15-/m1/s1. The van der Waals surface area contributed by atoms with Gasteiger partial charge in [0.2, 0.25) is 5.91 Å². The molecule has 0 saturated carbocycles. The molecule has 0 aliphatic rings. The van der Waals surface area contributed by atoms with Crippen molar-refractivity contribution in [3.8, 4) is 0 Å². The lowest BCUT2D eigenvalue weighted by Crippen LogP contribution is -2.33. The molecule has 2 amide bonds. The second kappa shape index (κ2) is 7.81. The Labute approximate surface area is 142 Å². The Morgan fingerprint density at radius 2 is 1.88 bits per heavy atom. The normalized spacial score (nSPS) is 11.8. The van der Waals surface area contributed by atoms with E-state index in [9.17, 15) is 9.59 Å². The number of carbonyl (C=O) groups excluding carboxylic acids is 2. The number of nitrogens with zero attached hydrogens (tertiary/aromatic N) is 1. The van der Waals surface area contributed by atoms with E-state index < -0.39 is 6.04 Å². The van der Waals surface area contributed by atoms with Gasteiger partial charge < -0.3 is 14.6 Å². The van der Waals surface area contributed by atoms with Crippen molar-refractivity contribution in [3.05, 3.63) is 59.0 Å². The number of aryl methyl sites for hydroxylation is 2. The molecule has 2 aromatic rings. The second-order valence-corrected chi connectivity index (χ2v) is 6.00. The summed E-state index contributed by atoms with van der Waals surface area (Å²) in [6.07, 6.45) is 0.934. The van der Waals surface area contributed by atoms with Gasteiger partial charge in [-0.25, -0.2) is 0 Å². The number of carbonyl (C=O) groups is 2. The van der Waals surface area contributed by atoms with Crippen LogP contribution in [0.1, 0.15) is 46.8 Å². The van der Waals surface area contributed by atoms with Crippen LogP contribution in [-0.2, 0) is 11.2 Å². The molecule has 0 spiro atoms. The van der Waals surface area contributed by atoms with Gasteiger partial charge in [-0.15, -0.1) is 0 Å². The van der Waals surface area contributed by atoms with Gasteiger partial charge in [-0.05, 0) is 24.1 Å². The number of hydrogen-bond donors (Lipinski definition) is 1. The van der Waals surface area contributed by atoms with Gasteiger partial charge in [0, 0.05) is 20.5 Å². The lowest BCUT2D eigenvalue weighted by molar-refractivity contribution is -0.129. The first-order valence-electron chi connectivity index (χ1n) is 8.07. The Kier molecular flexibility index (Phi) is 5.79. The molecule has 0 bridgehead atoms. The highest BCUT2D eigenvalue weighted by Crippen LogP contribution is 2.20. The maximum absolute atomic E-state index is 12.5. The van der Waals surface area contributed by atoms with Crippen LogP contribution in [0.5, 0.6) is 0 Å². The largest absolute Gasteiger partial charge is 0.456 e. The summed E-state index contributed by atoms with van der Waals surface area (Å²) in [6, 6.07) is 10.8. The third-order valence-electron chi connectivity index (χ3n) is 3.95. The van der Waals surface area contributed by atoms with E-state index in [-0.39, 0.29) is 24.0 Å². The van der Waals surface area contributed by atoms with Crippen molar-refractivity contribution in [1.82, 2.24) is 10.2 Å². The molecule has 0 aliphatic heterocycles. The molecule has 1 aromatic carbocycles. The summed E-state index contributed by atoms with van der Waals surface area (Å²) in [4.78, 5) is 26.2. The topological polar surface area (TPSA) is 62.6 Å². The molecule has 0 saturated heterocycles. The van der Waals surface area contributed by atoms with Crippen LogP contribution in [0.15, 0.2) is 40.8 Å². The van der Waals surface area contributed by atoms with Gasteiger partial charge in [0.15, 0.2) is 5.76 Å². The first-order valence-corrected chi connectivity index (χ1v) is 8.07. The zero-order valence-corrected chi connectivity index (χ0v) is 14.6. The Balaban J connectivity index is 2.20. The van der Waals surface area contributed by atoms with E-state index in [1.54, 1.807) is 20.2 Å². The van der Waals surface area contributed by atoms with Crippen LogP contribution in [0.2, 0.25) is 0 Å². The molecular weight excluding hydrogens is 304 g/mol. The van der Waals surface area contributed by atoms with Crippen LogP contribution in [0.3, 0.4) is 0 Å². The summed E-state index contributed by atoms with van der Waals surface area (Å²) in [5.74, 6) is 0.732. The summed E-state index contributed by atoms with van der Waals surface area (Å²) in [5.41, 5.74) is 1.85. The van der Waals surface area contributed by atoms with Crippen LogP contribution < -0.4 is 5.32 Å². The molecule has 1 atom stereocenters. The summed E-state index contributed by atoms with van der Waals surface area (Å²) >= 11 is 0. The fourth-order valence-corrected chi connectivity index (χ4v) is 2.51. The molecular formula is C19H24N2O3. The number of rotatable bonds is 6. The molecule has 0 unspecified atom stereocenters. The molecule has 0 fully saturated rings. The smallest absolute Gasteiger partial charge is 0.287 e. The lowest BCUT2D eigenvalue weighted by atomic mass is 10.0. The predicted molar refractivity (Wildman–Crippen MR) is 92.8 cm³/mol. The maximum Gasteiger partial charge on any atom is 0.287 e. The Morgan fingerprint density at radius 3 is 2.42 bits per heavy atom. The molecule has 0 aliphatic carbocycles. The van der Waals surface area contributed by atoms with Gasteiger partial charge in [-0.1, -0.05) is 37.3 Å². The summed E-state index contributed by atoms with van der Waals surface area (Å²) in [6.45, 7) is 3.90. The zero-order valence-electron chi connectivity index (χ0n) is 14.6. The van der Waals surface area contributed by atoms with Gasteiger partial charge in [0.25, 0.3) is 5.91 Å². The molecule has 24 heavy (non-hydrogen) atoms. The SMILES string of the molecule is CCc1oc(C(=O)N[C@H](CC(=O)N(C)C)c2ccccc2)cc1C. The third-order valence-corrected chi connectivity index (χ3v) is 3.95. The van der Waals surface area contributed by atoms with E-state index in [1.165, 1.54) is 4.90 Å². The van der Waals surface area contributed by atoms with Crippen molar-refractivity contribution in [2.75, 3.05) is 14.1 Å². The summed E-state index contributed by atoms with van der Waals surface area (Å²) in [5, 5.41) is 2.92. The average molecular weight is 328 g/mol. The highest BCUT2D eigenvalue weighted by molar-refractivity contribution is 5.92. The summed E-state index contributed by atoms with van der Waals surface area (Å²) in [7, 11) is 3.41. The number of amides is 2. The number of benzene rings is 1. The molecule has 1 heterocycles. The van der Waals surface area contributed by atoms with Crippen molar-refractivity contribution in [1.29, 1.82) is 0 Å². The molecule has 5 nitrogen and oxygen atoms in total. The Hall–Kier alpha value is -2.56. The van der Waals surface area contributed by atoms with E-state index in [0.717, 1.165) is 23.3 Å². The van der Waals surface area contributed by atoms with E-state index in [2.05, 4.69) is 5.32 Å². The van der Waals surface area contributed by atoms with Crippen molar-refractivity contribution in [2.45, 2.75) is 32.7 Å². The highest BCUT2D eigenvalue weighted by Gasteiger charge is 2.22. The molecule has 128 valence electrons. The van der Waals surface area contributed by atoms with Crippen molar-refractivity contribution in [3.63, 3.8) is 0 Å². The first-order chi connectivity index (χ1) is 11.4. The van der Waals surface area contributed by atoms with Crippen LogP contribution in [0.4, 0.5) is 0 Å². The zero-order chi connectivity index (χ0) is 17.7. The van der Waals surface area contributed by atoms with E-state index >= 15 is 0 Å². The van der Waals surface area contributed by atoms with Crippen LogP contribution in [0.25, 0.3) is 0 Å². The van der Waals surface area contributed by atoms with Crippen molar-refractivity contribution < 1.29 is 14.0 Å². The third kappa shape index (κ3) is 4.25. The minimum atomic E-state index is -0.399. The number of nitrogens with one attached hydrogen (secondary N) is 1. The fourth-order valence-electron chi connectivity index (χ4n) is 2.51. The van der Waals surface area contributed by atoms with E-state index in [0.29, 0.717) is 0 Å². The van der Waals surface area contributed by atoms with Crippen LogP contribution in [-0.4, -0.2) is 30.8 Å². The second-order valence-electron chi connectivity index (χ2n) is 6.00. The molecule has 1 aromatic heterocycles. The Bertz CT molecular complexity index is 705. The van der Waals surface area contributed by atoms with Crippen molar-refractivity contribution in [2.24, 2.45) is 0 Å². The average Bonchev–Trinajstić information content (AvgIpc) is 2.95. The first kappa shape index (κ1) is 17.8. The van der Waals surface area contributed by atoms with Crippen LogP contribution >= 0.6 is 0 Å². The lowest BCUT2D eigenvalue weighted by Gasteiger charge is -2.20. The van der Waals surface area contributed by atoms with Gasteiger partial charge >= 0.3 is 0 Å². The minimum Gasteiger partial charge on any atom is -0.456 e. The maximum atomic E-state index is 12.5. The predicted octanol–water partition coefficient (Wildman–Crippen LogP) is 3.10. The quantitative estimate of drug-likeness (QED) is 0.886. The number of hydrogen-bond acceptors (Lipinski definition) is 3. The van der Waals surface area contributed by atoms with Gasteiger partial charge in [0.1, 0.15) is 5.76 Å². The van der Waals surface area contributed by atoms with Crippen LogP contribution in [0, 0.1) is 6.92 Å². The molecule has 1 N–H and O–H groups in total. The molecule has 0 radical (unpaired) electrons. The minimum absolute atomic E-state index is 0.0472. The fraction of sp³-hybridized carbons (Fsp3) is 0.368. The van der Waals surface area contributed by atoms with E-state index in [4.69, 9.17) is 4.42 Å².